The Labute approximate surface area is 95.6 Å². The van der Waals surface area contributed by atoms with E-state index in [4.69, 9.17) is 4.52 Å². The van der Waals surface area contributed by atoms with Crippen LogP contribution in [0, 0.1) is 6.92 Å². The molecule has 0 bridgehead atoms. The number of hydrogen-bond donors (Lipinski definition) is 0. The van der Waals surface area contributed by atoms with E-state index >= 15 is 0 Å². The molecule has 2 rings (SSSR count). The van der Waals surface area contributed by atoms with Crippen molar-refractivity contribution in [3.05, 3.63) is 29.4 Å². The van der Waals surface area contributed by atoms with Gasteiger partial charge >= 0.3 is 0 Å². The average Bonchev–Trinajstić information content (AvgIpc) is 2.78. The fourth-order valence-electron chi connectivity index (χ4n) is 1.29. The van der Waals surface area contributed by atoms with Crippen molar-refractivity contribution >= 4 is 15.9 Å². The fraction of sp³-hybridized carbons (Fsp3) is 0.444. The molecule has 0 aromatic carbocycles. The largest absolute Gasteiger partial charge is 0.361 e. The molecule has 0 radical (unpaired) electrons. The molecule has 2 aromatic heterocycles. The quantitative estimate of drug-likeness (QED) is 0.792. The summed E-state index contributed by atoms with van der Waals surface area (Å²) in [6.45, 7) is 2.47. The Balaban J connectivity index is 2.04. The Hall–Kier alpha value is -1.17. The Kier molecular flexibility index (Phi) is 3.15. The van der Waals surface area contributed by atoms with Crippen LogP contribution in [-0.2, 0) is 13.0 Å². The van der Waals surface area contributed by atoms with Gasteiger partial charge < -0.3 is 4.52 Å². The number of hydrogen-bond acceptors (Lipinski definition) is 4. The van der Waals surface area contributed by atoms with Gasteiger partial charge in [-0.05, 0) is 6.92 Å². The van der Waals surface area contributed by atoms with Gasteiger partial charge in [0.1, 0.15) is 11.5 Å². The van der Waals surface area contributed by atoms with Crippen molar-refractivity contribution in [3.8, 4) is 0 Å². The van der Waals surface area contributed by atoms with E-state index in [-0.39, 0.29) is 0 Å². The highest BCUT2D eigenvalue weighted by atomic mass is 79.9. The first-order chi connectivity index (χ1) is 7.28. The summed E-state index contributed by atoms with van der Waals surface area (Å²) in [5, 5.41) is 12.8. The summed E-state index contributed by atoms with van der Waals surface area (Å²) < 4.78 is 6.73. The summed E-state index contributed by atoms with van der Waals surface area (Å²) in [7, 11) is 0. The third-order valence-electron chi connectivity index (χ3n) is 1.94. The summed E-state index contributed by atoms with van der Waals surface area (Å²) in [5.74, 6) is 0.811. The molecule has 0 unspecified atom stereocenters. The monoisotopic (exact) mass is 270 g/mol. The topological polar surface area (TPSA) is 56.7 Å². The van der Waals surface area contributed by atoms with Gasteiger partial charge in [0.25, 0.3) is 0 Å². The van der Waals surface area contributed by atoms with Gasteiger partial charge in [0.05, 0.1) is 12.2 Å². The minimum absolute atomic E-state index is 0.604. The van der Waals surface area contributed by atoms with E-state index in [2.05, 4.69) is 31.4 Å². The minimum atomic E-state index is 0.604. The summed E-state index contributed by atoms with van der Waals surface area (Å²) >= 11 is 3.36. The van der Waals surface area contributed by atoms with Crippen LogP contribution >= 0.6 is 15.9 Å². The van der Waals surface area contributed by atoms with Crippen LogP contribution in [0.2, 0.25) is 0 Å². The molecule has 0 fully saturated rings. The van der Waals surface area contributed by atoms with Gasteiger partial charge in [0, 0.05) is 24.0 Å². The highest BCUT2D eigenvalue weighted by molar-refractivity contribution is 9.09. The number of aromatic nitrogens is 4. The first kappa shape index (κ1) is 10.4. The van der Waals surface area contributed by atoms with E-state index in [9.17, 15) is 0 Å². The molecule has 0 atom stereocenters. The smallest absolute Gasteiger partial charge is 0.133 e. The Morgan fingerprint density at radius 3 is 3.00 bits per heavy atom. The predicted molar refractivity (Wildman–Crippen MR) is 57.9 cm³/mol. The number of alkyl halides is 1. The van der Waals surface area contributed by atoms with E-state index in [0.717, 1.165) is 28.9 Å². The van der Waals surface area contributed by atoms with E-state index in [1.807, 2.05) is 19.2 Å². The molecule has 6 heteroatoms. The summed E-state index contributed by atoms with van der Waals surface area (Å²) in [5.41, 5.74) is 1.84. The molecular formula is C9H11BrN4O. The van der Waals surface area contributed by atoms with Gasteiger partial charge in [-0.3, -0.25) is 0 Å². The lowest BCUT2D eigenvalue weighted by Crippen LogP contribution is -2.00. The third kappa shape index (κ3) is 2.65. The zero-order valence-corrected chi connectivity index (χ0v) is 9.94. The van der Waals surface area contributed by atoms with Crippen LogP contribution in [0.25, 0.3) is 0 Å². The lowest BCUT2D eigenvalue weighted by atomic mass is 10.3. The van der Waals surface area contributed by atoms with Gasteiger partial charge in [-0.2, -0.15) is 0 Å². The molecule has 15 heavy (non-hydrogen) atoms. The zero-order valence-electron chi connectivity index (χ0n) is 8.35. The molecule has 0 spiro atoms. The molecule has 0 amide bonds. The van der Waals surface area contributed by atoms with Crippen molar-refractivity contribution in [1.82, 2.24) is 20.2 Å². The molecule has 2 heterocycles. The Bertz CT molecular complexity index is 437. The fourth-order valence-corrected chi connectivity index (χ4v) is 1.69. The van der Waals surface area contributed by atoms with Crippen LogP contribution < -0.4 is 0 Å². The first-order valence-corrected chi connectivity index (χ1v) is 5.77. The summed E-state index contributed by atoms with van der Waals surface area (Å²) in [6.07, 6.45) is 2.81. The van der Waals surface area contributed by atoms with Gasteiger partial charge in [0.15, 0.2) is 0 Å². The summed E-state index contributed by atoms with van der Waals surface area (Å²) in [4.78, 5) is 0. The molecule has 80 valence electrons. The van der Waals surface area contributed by atoms with E-state index < -0.39 is 0 Å². The molecular weight excluding hydrogens is 260 g/mol. The number of aryl methyl sites for hydroxylation is 2. The molecule has 0 aliphatic heterocycles. The van der Waals surface area contributed by atoms with Crippen LogP contribution in [0.15, 0.2) is 16.8 Å². The standard InChI is InChI=1S/C9H11BrN4O/c1-7-4-9(12-15-7)6-14-5-8(2-3-10)11-13-14/h4-5H,2-3,6H2,1H3. The van der Waals surface area contributed by atoms with Crippen molar-refractivity contribution in [2.45, 2.75) is 19.9 Å². The minimum Gasteiger partial charge on any atom is -0.361 e. The van der Waals surface area contributed by atoms with Crippen LogP contribution in [0.3, 0.4) is 0 Å². The lowest BCUT2D eigenvalue weighted by molar-refractivity contribution is 0.387. The van der Waals surface area contributed by atoms with E-state index in [1.54, 1.807) is 4.68 Å². The lowest BCUT2D eigenvalue weighted by Gasteiger charge is -1.92. The highest BCUT2D eigenvalue weighted by Crippen LogP contribution is 2.04. The molecule has 0 aliphatic rings. The van der Waals surface area contributed by atoms with Gasteiger partial charge in [0.2, 0.25) is 0 Å². The molecule has 2 aromatic rings. The maximum absolute atomic E-state index is 4.97. The van der Waals surface area contributed by atoms with E-state index in [0.29, 0.717) is 6.54 Å². The Morgan fingerprint density at radius 2 is 2.33 bits per heavy atom. The van der Waals surface area contributed by atoms with Crippen molar-refractivity contribution in [2.75, 3.05) is 5.33 Å². The van der Waals surface area contributed by atoms with Crippen LogP contribution in [0.1, 0.15) is 17.1 Å². The summed E-state index contributed by atoms with van der Waals surface area (Å²) in [6, 6.07) is 1.89. The van der Waals surface area contributed by atoms with Crippen molar-refractivity contribution in [3.63, 3.8) is 0 Å². The molecule has 0 saturated heterocycles. The molecule has 0 N–H and O–H groups in total. The third-order valence-corrected chi connectivity index (χ3v) is 2.33. The first-order valence-electron chi connectivity index (χ1n) is 4.65. The molecule has 0 aliphatic carbocycles. The SMILES string of the molecule is Cc1cc(Cn2cc(CCBr)nn2)no1. The van der Waals surface area contributed by atoms with Crippen molar-refractivity contribution < 1.29 is 4.52 Å². The second-order valence-corrected chi connectivity index (χ2v) is 4.07. The van der Waals surface area contributed by atoms with Crippen molar-refractivity contribution in [1.29, 1.82) is 0 Å². The predicted octanol–water partition coefficient (Wildman–Crippen LogP) is 1.56. The molecule has 0 saturated carbocycles. The zero-order chi connectivity index (χ0) is 10.7. The van der Waals surface area contributed by atoms with Crippen LogP contribution in [0.4, 0.5) is 0 Å². The second kappa shape index (κ2) is 4.57. The number of rotatable bonds is 4. The molecule has 5 nitrogen and oxygen atoms in total. The van der Waals surface area contributed by atoms with Gasteiger partial charge in [-0.25, -0.2) is 4.68 Å². The van der Waals surface area contributed by atoms with E-state index in [1.165, 1.54) is 0 Å². The second-order valence-electron chi connectivity index (χ2n) is 3.28. The van der Waals surface area contributed by atoms with Crippen LogP contribution in [0.5, 0.6) is 0 Å². The Morgan fingerprint density at radius 1 is 1.47 bits per heavy atom. The maximum Gasteiger partial charge on any atom is 0.133 e. The van der Waals surface area contributed by atoms with Crippen LogP contribution in [-0.4, -0.2) is 25.5 Å². The highest BCUT2D eigenvalue weighted by Gasteiger charge is 2.04. The average molecular weight is 271 g/mol. The number of halogens is 1. The number of nitrogens with zero attached hydrogens (tertiary/aromatic N) is 4. The van der Waals surface area contributed by atoms with Gasteiger partial charge in [-0.15, -0.1) is 5.10 Å². The van der Waals surface area contributed by atoms with Crippen molar-refractivity contribution in [2.24, 2.45) is 0 Å². The van der Waals surface area contributed by atoms with Gasteiger partial charge in [-0.1, -0.05) is 26.3 Å². The normalized spacial score (nSPS) is 10.8. The maximum atomic E-state index is 4.97.